The Balaban J connectivity index is 1.69. The summed E-state index contributed by atoms with van der Waals surface area (Å²) >= 11 is 0. The fourth-order valence-electron chi connectivity index (χ4n) is 2.41. The van der Waals surface area contributed by atoms with Crippen LogP contribution < -0.4 is 0 Å². The molecule has 0 N–H and O–H groups in total. The van der Waals surface area contributed by atoms with Gasteiger partial charge in [-0.15, -0.1) is 0 Å². The zero-order valence-corrected chi connectivity index (χ0v) is 10.3. The third-order valence-electron chi connectivity index (χ3n) is 3.61. The Kier molecular flexibility index (Phi) is 3.82. The number of piperazine rings is 1. The standard InChI is InChI=1S/C12H22N2O2/c1-10(12(15)16-2)9-13-5-7-14(8-6-13)11-3-4-11/h10-11H,3-9H2,1-2H3. The number of methoxy groups -OCH3 is 1. The van der Waals surface area contributed by atoms with Crippen molar-refractivity contribution in [1.29, 1.82) is 0 Å². The number of esters is 1. The predicted molar refractivity (Wildman–Crippen MR) is 62.2 cm³/mol. The summed E-state index contributed by atoms with van der Waals surface area (Å²) in [5, 5.41) is 0. The van der Waals surface area contributed by atoms with Gasteiger partial charge in [-0.05, 0) is 12.8 Å². The first-order chi connectivity index (χ1) is 7.70. The molecule has 16 heavy (non-hydrogen) atoms. The number of carbonyl (C=O) groups is 1. The maximum absolute atomic E-state index is 11.3. The second-order valence-electron chi connectivity index (χ2n) is 4.99. The van der Waals surface area contributed by atoms with E-state index in [0.29, 0.717) is 0 Å². The van der Waals surface area contributed by atoms with Gasteiger partial charge in [0.05, 0.1) is 13.0 Å². The van der Waals surface area contributed by atoms with Crippen molar-refractivity contribution in [2.45, 2.75) is 25.8 Å². The van der Waals surface area contributed by atoms with Crippen molar-refractivity contribution in [3.63, 3.8) is 0 Å². The summed E-state index contributed by atoms with van der Waals surface area (Å²) in [7, 11) is 1.46. The molecule has 2 fully saturated rings. The Morgan fingerprint density at radius 3 is 2.44 bits per heavy atom. The lowest BCUT2D eigenvalue weighted by Gasteiger charge is -2.35. The summed E-state index contributed by atoms with van der Waals surface area (Å²) in [5.41, 5.74) is 0. The van der Waals surface area contributed by atoms with Crippen LogP contribution in [0.1, 0.15) is 19.8 Å². The molecule has 1 saturated heterocycles. The van der Waals surface area contributed by atoms with Gasteiger partial charge in [0.15, 0.2) is 0 Å². The Bertz CT molecular complexity index is 245. The van der Waals surface area contributed by atoms with Crippen LogP contribution in [-0.2, 0) is 9.53 Å². The summed E-state index contributed by atoms with van der Waals surface area (Å²) in [6, 6.07) is 0.875. The van der Waals surface area contributed by atoms with Crippen molar-refractivity contribution in [2.24, 2.45) is 5.92 Å². The van der Waals surface area contributed by atoms with E-state index in [9.17, 15) is 4.79 Å². The Hall–Kier alpha value is -0.610. The maximum atomic E-state index is 11.3. The first-order valence-electron chi connectivity index (χ1n) is 6.25. The first kappa shape index (κ1) is 11.9. The summed E-state index contributed by atoms with van der Waals surface area (Å²) in [5.74, 6) is -0.0953. The van der Waals surface area contributed by atoms with Crippen LogP contribution in [-0.4, -0.2) is 61.6 Å². The third kappa shape index (κ3) is 2.95. The van der Waals surface area contributed by atoms with Crippen LogP contribution in [0.5, 0.6) is 0 Å². The largest absolute Gasteiger partial charge is 0.469 e. The molecule has 0 spiro atoms. The van der Waals surface area contributed by atoms with Gasteiger partial charge in [0.1, 0.15) is 0 Å². The number of nitrogens with zero attached hydrogens (tertiary/aromatic N) is 2. The molecule has 0 bridgehead atoms. The molecule has 0 radical (unpaired) electrons. The van der Waals surface area contributed by atoms with Crippen molar-refractivity contribution < 1.29 is 9.53 Å². The van der Waals surface area contributed by atoms with E-state index in [2.05, 4.69) is 9.80 Å². The van der Waals surface area contributed by atoms with Gasteiger partial charge < -0.3 is 4.74 Å². The van der Waals surface area contributed by atoms with Crippen LogP contribution in [0.3, 0.4) is 0 Å². The molecule has 2 rings (SSSR count). The van der Waals surface area contributed by atoms with E-state index in [1.165, 1.54) is 33.0 Å². The average Bonchev–Trinajstić information content (AvgIpc) is 3.13. The molecule has 1 aliphatic carbocycles. The Morgan fingerprint density at radius 2 is 1.94 bits per heavy atom. The second kappa shape index (κ2) is 5.15. The van der Waals surface area contributed by atoms with Gasteiger partial charge in [-0.25, -0.2) is 0 Å². The smallest absolute Gasteiger partial charge is 0.309 e. The molecule has 1 saturated carbocycles. The van der Waals surface area contributed by atoms with E-state index in [1.54, 1.807) is 0 Å². The molecular formula is C12H22N2O2. The SMILES string of the molecule is COC(=O)C(C)CN1CCN(C2CC2)CC1. The van der Waals surface area contributed by atoms with Crippen molar-refractivity contribution >= 4 is 5.97 Å². The number of ether oxygens (including phenoxy) is 1. The van der Waals surface area contributed by atoms with Gasteiger partial charge in [0.2, 0.25) is 0 Å². The quantitative estimate of drug-likeness (QED) is 0.656. The normalized spacial score (nSPS) is 25.4. The van der Waals surface area contributed by atoms with Crippen LogP contribution in [0.4, 0.5) is 0 Å². The van der Waals surface area contributed by atoms with E-state index in [1.807, 2.05) is 6.92 Å². The molecule has 4 heteroatoms. The zero-order chi connectivity index (χ0) is 11.5. The topological polar surface area (TPSA) is 32.8 Å². The lowest BCUT2D eigenvalue weighted by atomic mass is 10.1. The van der Waals surface area contributed by atoms with Crippen LogP contribution >= 0.6 is 0 Å². The van der Waals surface area contributed by atoms with Crippen LogP contribution in [0.2, 0.25) is 0 Å². The molecule has 2 aliphatic rings. The number of hydrogen-bond acceptors (Lipinski definition) is 4. The van der Waals surface area contributed by atoms with Crippen LogP contribution in [0, 0.1) is 5.92 Å². The van der Waals surface area contributed by atoms with Gasteiger partial charge in [-0.1, -0.05) is 6.92 Å². The minimum Gasteiger partial charge on any atom is -0.469 e. The highest BCUT2D eigenvalue weighted by Gasteiger charge is 2.31. The van der Waals surface area contributed by atoms with Crippen molar-refractivity contribution in [2.75, 3.05) is 39.8 Å². The van der Waals surface area contributed by atoms with Crippen molar-refractivity contribution in [3.8, 4) is 0 Å². The van der Waals surface area contributed by atoms with E-state index in [4.69, 9.17) is 4.74 Å². The van der Waals surface area contributed by atoms with Gasteiger partial charge >= 0.3 is 5.97 Å². The molecule has 0 aromatic heterocycles. The molecule has 4 nitrogen and oxygen atoms in total. The minimum atomic E-state index is -0.0929. The summed E-state index contributed by atoms with van der Waals surface area (Å²) in [4.78, 5) is 16.3. The highest BCUT2D eigenvalue weighted by molar-refractivity contribution is 5.72. The molecule has 0 aromatic rings. The molecule has 0 amide bonds. The summed E-state index contributed by atoms with van der Waals surface area (Å²) in [6.45, 7) is 7.30. The molecule has 1 atom stereocenters. The van der Waals surface area contributed by atoms with E-state index < -0.39 is 0 Å². The average molecular weight is 226 g/mol. The van der Waals surface area contributed by atoms with Gasteiger partial charge in [0.25, 0.3) is 0 Å². The van der Waals surface area contributed by atoms with E-state index >= 15 is 0 Å². The number of rotatable bonds is 4. The molecular weight excluding hydrogens is 204 g/mol. The molecule has 1 unspecified atom stereocenters. The highest BCUT2D eigenvalue weighted by Crippen LogP contribution is 2.27. The van der Waals surface area contributed by atoms with E-state index in [-0.39, 0.29) is 11.9 Å². The van der Waals surface area contributed by atoms with Crippen molar-refractivity contribution in [1.82, 2.24) is 9.80 Å². The molecule has 92 valence electrons. The van der Waals surface area contributed by atoms with Crippen molar-refractivity contribution in [3.05, 3.63) is 0 Å². The van der Waals surface area contributed by atoms with Gasteiger partial charge in [0, 0.05) is 38.8 Å². The first-order valence-corrected chi connectivity index (χ1v) is 6.25. The monoisotopic (exact) mass is 226 g/mol. The predicted octanol–water partition coefficient (Wildman–Crippen LogP) is 0.575. The van der Waals surface area contributed by atoms with Gasteiger partial charge in [-0.2, -0.15) is 0 Å². The second-order valence-corrected chi connectivity index (χ2v) is 4.99. The Labute approximate surface area is 97.5 Å². The Morgan fingerprint density at radius 1 is 1.31 bits per heavy atom. The number of carbonyl (C=O) groups excluding carboxylic acids is 1. The third-order valence-corrected chi connectivity index (χ3v) is 3.61. The highest BCUT2D eigenvalue weighted by atomic mass is 16.5. The molecule has 1 heterocycles. The fraction of sp³-hybridized carbons (Fsp3) is 0.917. The van der Waals surface area contributed by atoms with Crippen LogP contribution in [0.25, 0.3) is 0 Å². The van der Waals surface area contributed by atoms with Gasteiger partial charge in [-0.3, -0.25) is 14.6 Å². The summed E-state index contributed by atoms with van der Waals surface area (Å²) < 4.78 is 4.75. The van der Waals surface area contributed by atoms with E-state index in [0.717, 1.165) is 25.7 Å². The fourth-order valence-corrected chi connectivity index (χ4v) is 2.41. The maximum Gasteiger partial charge on any atom is 0.309 e. The number of hydrogen-bond donors (Lipinski definition) is 0. The zero-order valence-electron chi connectivity index (χ0n) is 10.3. The lowest BCUT2D eigenvalue weighted by molar-refractivity contribution is -0.145. The van der Waals surface area contributed by atoms with Crippen LogP contribution in [0.15, 0.2) is 0 Å². The molecule has 1 aliphatic heterocycles. The minimum absolute atomic E-state index is 0.00234. The summed E-state index contributed by atoms with van der Waals surface area (Å²) in [6.07, 6.45) is 2.77. The molecule has 0 aromatic carbocycles. The lowest BCUT2D eigenvalue weighted by Crippen LogP contribution is -2.48.